The molecule has 0 amide bonds. The van der Waals surface area contributed by atoms with Gasteiger partial charge in [0.2, 0.25) is 0 Å². The van der Waals surface area contributed by atoms with E-state index < -0.39 is 19.0 Å². The summed E-state index contributed by atoms with van der Waals surface area (Å²) in [5.41, 5.74) is 0. The van der Waals surface area contributed by atoms with Crippen LogP contribution in [0.15, 0.2) is 6.20 Å². The number of ether oxygens (including phenoxy) is 1. The largest absolute Gasteiger partial charge is 0.369 e. The molecule has 0 aliphatic rings. The number of aromatic nitrogens is 1. The van der Waals surface area contributed by atoms with Crippen LogP contribution in [0.3, 0.4) is 0 Å². The van der Waals surface area contributed by atoms with Crippen LogP contribution in [0.1, 0.15) is 18.2 Å². The van der Waals surface area contributed by atoms with E-state index in [1.165, 1.54) is 17.5 Å². The normalized spacial score (nSPS) is 12.1. The van der Waals surface area contributed by atoms with Gasteiger partial charge in [0.15, 0.2) is 5.13 Å². The highest BCUT2D eigenvalue weighted by Gasteiger charge is 2.40. The molecule has 0 aromatic carbocycles. The molecular formula is C10H14F4N2OS. The first-order valence-electron chi connectivity index (χ1n) is 5.38. The predicted molar refractivity (Wildman–Crippen MR) is 61.5 cm³/mol. The molecule has 0 spiro atoms. The minimum atomic E-state index is -4.10. The summed E-state index contributed by atoms with van der Waals surface area (Å²) in [4.78, 5) is 4.61. The molecule has 0 unspecified atom stereocenters. The fourth-order valence-electron chi connectivity index (χ4n) is 1.04. The van der Waals surface area contributed by atoms with Crippen molar-refractivity contribution in [2.75, 3.05) is 18.5 Å². The predicted octanol–water partition coefficient (Wildman–Crippen LogP) is 3.38. The first-order chi connectivity index (χ1) is 8.45. The van der Waals surface area contributed by atoms with E-state index in [0.29, 0.717) is 10.0 Å². The molecule has 0 saturated heterocycles. The van der Waals surface area contributed by atoms with E-state index in [1.807, 2.05) is 6.92 Å². The molecule has 0 aliphatic heterocycles. The van der Waals surface area contributed by atoms with Crippen LogP contribution in [0.25, 0.3) is 0 Å². The zero-order valence-corrected chi connectivity index (χ0v) is 10.6. The quantitative estimate of drug-likeness (QED) is 0.744. The topological polar surface area (TPSA) is 34.2 Å². The Kier molecular flexibility index (Phi) is 5.80. The van der Waals surface area contributed by atoms with E-state index in [1.54, 1.807) is 0 Å². The fourth-order valence-corrected chi connectivity index (χ4v) is 1.81. The first kappa shape index (κ1) is 15.2. The molecule has 1 aromatic rings. The van der Waals surface area contributed by atoms with Gasteiger partial charge in [-0.05, 0) is 6.42 Å². The first-order valence-corrected chi connectivity index (χ1v) is 6.19. The summed E-state index contributed by atoms with van der Waals surface area (Å²) in [5, 5.41) is 3.69. The summed E-state index contributed by atoms with van der Waals surface area (Å²) in [6.07, 6.45) is -1.30. The van der Waals surface area contributed by atoms with Gasteiger partial charge in [-0.3, -0.25) is 0 Å². The number of nitrogens with zero attached hydrogens (tertiary/aromatic N) is 1. The van der Waals surface area contributed by atoms with Gasteiger partial charge in [0.05, 0.1) is 11.5 Å². The van der Waals surface area contributed by atoms with Crippen molar-refractivity contribution in [2.24, 2.45) is 0 Å². The van der Waals surface area contributed by atoms with E-state index in [-0.39, 0.29) is 6.61 Å². The molecule has 1 N–H and O–H groups in total. The molecule has 18 heavy (non-hydrogen) atoms. The third-order valence-electron chi connectivity index (χ3n) is 1.94. The Morgan fingerprint density at radius 1 is 1.50 bits per heavy atom. The molecule has 104 valence electrons. The monoisotopic (exact) mass is 286 g/mol. The number of halogens is 4. The third-order valence-corrected chi connectivity index (χ3v) is 2.87. The second-order valence-electron chi connectivity index (χ2n) is 3.61. The summed E-state index contributed by atoms with van der Waals surface area (Å²) >= 11 is 1.25. The molecule has 0 atom stereocenters. The van der Waals surface area contributed by atoms with E-state index in [4.69, 9.17) is 0 Å². The number of hydrogen-bond donors (Lipinski definition) is 1. The molecule has 8 heteroatoms. The summed E-state index contributed by atoms with van der Waals surface area (Å²) in [7, 11) is 0. The number of anilines is 1. The Morgan fingerprint density at radius 3 is 2.83 bits per heavy atom. The molecule has 1 aromatic heterocycles. The van der Waals surface area contributed by atoms with E-state index in [9.17, 15) is 17.6 Å². The third kappa shape index (κ3) is 4.77. The standard InChI is InChI=1S/C10H14F4N2OS/c1-2-3-15-9-16-4-7(18-9)5-17-6-10(13,14)8(11)12/h4,8H,2-3,5-6H2,1H3,(H,15,16). The van der Waals surface area contributed by atoms with Gasteiger partial charge in [0, 0.05) is 12.7 Å². The fraction of sp³-hybridized carbons (Fsp3) is 0.700. The van der Waals surface area contributed by atoms with E-state index >= 15 is 0 Å². The van der Waals surface area contributed by atoms with Crippen LogP contribution in [-0.2, 0) is 11.3 Å². The average Bonchev–Trinajstić information content (AvgIpc) is 2.74. The molecule has 0 bridgehead atoms. The number of nitrogens with one attached hydrogen (secondary N) is 1. The van der Waals surface area contributed by atoms with Crippen molar-refractivity contribution >= 4 is 16.5 Å². The highest BCUT2D eigenvalue weighted by atomic mass is 32.1. The Hall–Kier alpha value is -0.890. The Labute approximate surface area is 106 Å². The van der Waals surface area contributed by atoms with Gasteiger partial charge in [-0.2, -0.15) is 8.78 Å². The molecule has 0 fully saturated rings. The van der Waals surface area contributed by atoms with Gasteiger partial charge in [-0.1, -0.05) is 18.3 Å². The van der Waals surface area contributed by atoms with Crippen LogP contribution in [0.5, 0.6) is 0 Å². The van der Waals surface area contributed by atoms with Crippen molar-refractivity contribution in [1.82, 2.24) is 4.98 Å². The minimum Gasteiger partial charge on any atom is -0.369 e. The lowest BCUT2D eigenvalue weighted by Gasteiger charge is -2.14. The van der Waals surface area contributed by atoms with E-state index in [0.717, 1.165) is 13.0 Å². The van der Waals surface area contributed by atoms with Crippen molar-refractivity contribution in [1.29, 1.82) is 0 Å². The number of thiazole rings is 1. The lowest BCUT2D eigenvalue weighted by molar-refractivity contribution is -0.168. The summed E-state index contributed by atoms with van der Waals surface area (Å²) in [6, 6.07) is 0. The molecular weight excluding hydrogens is 272 g/mol. The maximum Gasteiger partial charge on any atom is 0.330 e. The van der Waals surface area contributed by atoms with Crippen molar-refractivity contribution < 1.29 is 22.3 Å². The van der Waals surface area contributed by atoms with Gasteiger partial charge in [0.1, 0.15) is 6.61 Å². The zero-order chi connectivity index (χ0) is 13.6. The van der Waals surface area contributed by atoms with Crippen LogP contribution in [0.2, 0.25) is 0 Å². The summed E-state index contributed by atoms with van der Waals surface area (Å²) in [5.74, 6) is -4.10. The van der Waals surface area contributed by atoms with Crippen LogP contribution < -0.4 is 5.32 Å². The maximum atomic E-state index is 12.5. The second kappa shape index (κ2) is 6.89. The van der Waals surface area contributed by atoms with Crippen LogP contribution in [0.4, 0.5) is 22.7 Å². The maximum absolute atomic E-state index is 12.5. The highest BCUT2D eigenvalue weighted by molar-refractivity contribution is 7.15. The van der Waals surface area contributed by atoms with Crippen molar-refractivity contribution in [3.63, 3.8) is 0 Å². The van der Waals surface area contributed by atoms with Gasteiger partial charge >= 0.3 is 12.3 Å². The Bertz CT molecular complexity index is 359. The highest BCUT2D eigenvalue weighted by Crippen LogP contribution is 2.24. The molecule has 3 nitrogen and oxygen atoms in total. The van der Waals surface area contributed by atoms with E-state index in [2.05, 4.69) is 15.0 Å². The number of hydrogen-bond acceptors (Lipinski definition) is 4. The number of rotatable bonds is 8. The van der Waals surface area contributed by atoms with Gasteiger partial charge in [0.25, 0.3) is 0 Å². The van der Waals surface area contributed by atoms with Gasteiger partial charge in [-0.25, -0.2) is 13.8 Å². The molecule has 1 rings (SSSR count). The van der Waals surface area contributed by atoms with Crippen LogP contribution >= 0.6 is 11.3 Å². The summed E-state index contributed by atoms with van der Waals surface area (Å²) < 4.78 is 53.3. The molecule has 1 heterocycles. The lowest BCUT2D eigenvalue weighted by Crippen LogP contribution is -2.32. The Morgan fingerprint density at radius 2 is 2.22 bits per heavy atom. The zero-order valence-electron chi connectivity index (χ0n) is 9.76. The van der Waals surface area contributed by atoms with Crippen LogP contribution in [0, 0.1) is 0 Å². The van der Waals surface area contributed by atoms with Crippen molar-refractivity contribution in [3.05, 3.63) is 11.1 Å². The summed E-state index contributed by atoms with van der Waals surface area (Å²) in [6.45, 7) is 1.32. The number of alkyl halides is 4. The molecule has 0 aliphatic carbocycles. The minimum absolute atomic E-state index is 0.145. The van der Waals surface area contributed by atoms with Crippen molar-refractivity contribution in [2.45, 2.75) is 32.3 Å². The van der Waals surface area contributed by atoms with Crippen LogP contribution in [-0.4, -0.2) is 30.5 Å². The molecule has 0 saturated carbocycles. The van der Waals surface area contributed by atoms with Crippen molar-refractivity contribution in [3.8, 4) is 0 Å². The molecule has 0 radical (unpaired) electrons. The average molecular weight is 286 g/mol. The Balaban J connectivity index is 2.33. The second-order valence-corrected chi connectivity index (χ2v) is 4.73. The van der Waals surface area contributed by atoms with Gasteiger partial charge in [-0.15, -0.1) is 0 Å². The SMILES string of the molecule is CCCNc1ncc(COCC(F)(F)C(F)F)s1. The smallest absolute Gasteiger partial charge is 0.330 e. The lowest BCUT2D eigenvalue weighted by atomic mass is 10.4. The van der Waals surface area contributed by atoms with Gasteiger partial charge < -0.3 is 10.1 Å².